The minimum atomic E-state index is 0.216. The van der Waals surface area contributed by atoms with Crippen molar-refractivity contribution >= 4 is 11.6 Å². The molecule has 0 spiro atoms. The van der Waals surface area contributed by atoms with E-state index < -0.39 is 0 Å². The second-order valence-corrected chi connectivity index (χ2v) is 7.26. The Morgan fingerprint density at radius 2 is 2.04 bits per heavy atom. The molecule has 0 fully saturated rings. The molecule has 0 saturated heterocycles. The first-order valence-corrected chi connectivity index (χ1v) is 8.79. The van der Waals surface area contributed by atoms with E-state index in [-0.39, 0.29) is 5.76 Å². The van der Waals surface area contributed by atoms with Crippen molar-refractivity contribution in [3.8, 4) is 0 Å². The highest BCUT2D eigenvalue weighted by atomic mass is 35.5. The number of aliphatic hydroxyl groups is 1. The number of aliphatic hydroxyl groups excluding tert-OH is 1. The topological polar surface area (TPSA) is 23.5 Å². The van der Waals surface area contributed by atoms with E-state index in [0.29, 0.717) is 17.0 Å². The minimum Gasteiger partial charge on any atom is -0.507 e. The molecule has 3 heteroatoms. The quantitative estimate of drug-likeness (QED) is 0.747. The summed E-state index contributed by atoms with van der Waals surface area (Å²) >= 11 is 6.25. The second-order valence-electron chi connectivity index (χ2n) is 6.85. The van der Waals surface area contributed by atoms with Crippen molar-refractivity contribution in [1.29, 1.82) is 0 Å². The lowest BCUT2D eigenvalue weighted by molar-refractivity contribution is 0.211. The molecule has 1 heterocycles. The average molecular weight is 328 g/mol. The molecule has 0 aromatic heterocycles. The number of allylic oxidation sites excluding steroid dienone is 3. The van der Waals surface area contributed by atoms with Crippen molar-refractivity contribution < 1.29 is 5.11 Å². The number of rotatable bonds is 0. The molecule has 1 aromatic carbocycles. The van der Waals surface area contributed by atoms with Crippen LogP contribution in [0.4, 0.5) is 0 Å². The molecule has 3 aliphatic rings. The lowest BCUT2D eigenvalue weighted by atomic mass is 9.73. The van der Waals surface area contributed by atoms with Gasteiger partial charge >= 0.3 is 0 Å². The summed E-state index contributed by atoms with van der Waals surface area (Å²) in [6.45, 7) is 1.05. The number of hydrogen-bond donors (Lipinski definition) is 1. The van der Waals surface area contributed by atoms with Crippen molar-refractivity contribution in [2.24, 2.45) is 0 Å². The van der Waals surface area contributed by atoms with Gasteiger partial charge < -0.3 is 10.0 Å². The summed E-state index contributed by atoms with van der Waals surface area (Å²) in [7, 11) is 2.25. The van der Waals surface area contributed by atoms with Crippen LogP contribution in [0.5, 0.6) is 0 Å². The zero-order chi connectivity index (χ0) is 16.0. The molecule has 2 nitrogen and oxygen atoms in total. The van der Waals surface area contributed by atoms with E-state index in [9.17, 15) is 5.11 Å². The van der Waals surface area contributed by atoms with Crippen LogP contribution in [0, 0.1) is 0 Å². The molecular weight excluding hydrogens is 306 g/mol. The maximum absolute atomic E-state index is 10.0. The first-order chi connectivity index (χ1) is 11.1. The lowest BCUT2D eigenvalue weighted by Gasteiger charge is -2.39. The number of nitrogens with zero attached hydrogens (tertiary/aromatic N) is 1. The molecule has 23 heavy (non-hydrogen) atoms. The average Bonchev–Trinajstić information content (AvgIpc) is 2.79. The predicted octanol–water partition coefficient (Wildman–Crippen LogP) is 4.69. The van der Waals surface area contributed by atoms with Crippen LogP contribution in [0.3, 0.4) is 0 Å². The van der Waals surface area contributed by atoms with Crippen LogP contribution in [0.25, 0.3) is 0 Å². The van der Waals surface area contributed by atoms with Gasteiger partial charge in [0.05, 0.1) is 5.03 Å². The highest BCUT2D eigenvalue weighted by Crippen LogP contribution is 2.45. The second kappa shape index (κ2) is 5.85. The first kappa shape index (κ1) is 15.0. The summed E-state index contributed by atoms with van der Waals surface area (Å²) in [6, 6.07) is 9.39. The van der Waals surface area contributed by atoms with Gasteiger partial charge in [0, 0.05) is 18.5 Å². The third-order valence-corrected chi connectivity index (χ3v) is 5.94. The summed E-state index contributed by atoms with van der Waals surface area (Å²) in [5.41, 5.74) is 5.69. The third kappa shape index (κ3) is 2.54. The van der Waals surface area contributed by atoms with Gasteiger partial charge in [0.2, 0.25) is 0 Å². The number of fused-ring (bicyclic) bond motifs is 4. The number of benzene rings is 1. The Labute approximate surface area is 142 Å². The number of halogens is 1. The fourth-order valence-corrected chi connectivity index (χ4v) is 4.62. The lowest BCUT2D eigenvalue weighted by Crippen LogP contribution is -2.39. The summed E-state index contributed by atoms with van der Waals surface area (Å²) in [5.74, 6) is 0.624. The van der Waals surface area contributed by atoms with Gasteiger partial charge in [-0.25, -0.2) is 0 Å². The largest absolute Gasteiger partial charge is 0.507 e. The van der Waals surface area contributed by atoms with Crippen molar-refractivity contribution in [2.45, 2.75) is 37.6 Å². The zero-order valence-electron chi connectivity index (χ0n) is 13.4. The molecule has 1 aromatic rings. The van der Waals surface area contributed by atoms with E-state index in [2.05, 4.69) is 36.2 Å². The van der Waals surface area contributed by atoms with Gasteiger partial charge in [0.1, 0.15) is 5.76 Å². The summed E-state index contributed by atoms with van der Waals surface area (Å²) in [4.78, 5) is 2.51. The normalized spacial score (nSPS) is 27.9. The summed E-state index contributed by atoms with van der Waals surface area (Å²) in [6.07, 6.45) is 8.00. The van der Waals surface area contributed by atoms with Crippen LogP contribution in [0.1, 0.15) is 36.3 Å². The molecule has 0 bridgehead atoms. The van der Waals surface area contributed by atoms with Gasteiger partial charge in [-0.05, 0) is 61.6 Å². The van der Waals surface area contributed by atoms with E-state index >= 15 is 0 Å². The highest BCUT2D eigenvalue weighted by Gasteiger charge is 2.37. The Kier molecular flexibility index (Phi) is 3.82. The molecule has 4 rings (SSSR count). The van der Waals surface area contributed by atoms with Crippen LogP contribution >= 0.6 is 11.6 Å². The Balaban J connectivity index is 1.89. The molecule has 1 aliphatic heterocycles. The van der Waals surface area contributed by atoms with E-state index in [1.54, 1.807) is 0 Å². The Hall–Kier alpha value is -1.51. The van der Waals surface area contributed by atoms with E-state index in [1.807, 2.05) is 12.2 Å². The molecule has 0 radical (unpaired) electrons. The predicted molar refractivity (Wildman–Crippen MR) is 94.8 cm³/mol. The van der Waals surface area contributed by atoms with Crippen LogP contribution in [0.15, 0.2) is 58.4 Å². The fraction of sp³-hybridized carbons (Fsp3) is 0.400. The van der Waals surface area contributed by atoms with Crippen molar-refractivity contribution in [3.05, 3.63) is 69.5 Å². The molecule has 120 valence electrons. The standard InChI is InChI=1S/C20H22ClNO/c1-22-11-10-14-12-17(21)19(23)9-7-16(14)20-15-5-3-2-4-13(15)6-8-18(20)22/h2-5,9,12,18,20,23H,6-8,10-11H2,1H3/t18?,20-/m1/s1. The van der Waals surface area contributed by atoms with Gasteiger partial charge in [-0.1, -0.05) is 41.4 Å². The van der Waals surface area contributed by atoms with Crippen LogP contribution in [0.2, 0.25) is 0 Å². The molecule has 0 saturated carbocycles. The SMILES string of the molecule is CN1CCC2=C(CC=C(O)C(Cl)=C2)[C@H]2c3ccccc3CCC21. The van der Waals surface area contributed by atoms with Crippen molar-refractivity contribution in [2.75, 3.05) is 13.6 Å². The molecule has 1 unspecified atom stereocenters. The molecule has 2 aliphatic carbocycles. The molecule has 1 N–H and O–H groups in total. The molecule has 2 atom stereocenters. The van der Waals surface area contributed by atoms with Gasteiger partial charge in [-0.15, -0.1) is 0 Å². The van der Waals surface area contributed by atoms with Gasteiger partial charge in [-0.3, -0.25) is 0 Å². The number of aryl methyl sites for hydroxylation is 1. The maximum atomic E-state index is 10.0. The van der Waals surface area contributed by atoms with E-state index in [4.69, 9.17) is 11.6 Å². The smallest absolute Gasteiger partial charge is 0.130 e. The Morgan fingerprint density at radius 1 is 1.22 bits per heavy atom. The van der Waals surface area contributed by atoms with Crippen LogP contribution in [-0.2, 0) is 6.42 Å². The zero-order valence-corrected chi connectivity index (χ0v) is 14.2. The van der Waals surface area contributed by atoms with E-state index in [1.165, 1.54) is 28.7 Å². The molecular formula is C20H22ClNO. The number of likely N-dealkylation sites (N-methyl/N-ethyl adjacent to an activating group) is 1. The van der Waals surface area contributed by atoms with E-state index in [0.717, 1.165) is 25.8 Å². The monoisotopic (exact) mass is 327 g/mol. The molecule has 0 amide bonds. The first-order valence-electron chi connectivity index (χ1n) is 8.42. The minimum absolute atomic E-state index is 0.216. The van der Waals surface area contributed by atoms with Crippen LogP contribution in [-0.4, -0.2) is 29.6 Å². The van der Waals surface area contributed by atoms with Crippen molar-refractivity contribution in [1.82, 2.24) is 4.90 Å². The summed E-state index contributed by atoms with van der Waals surface area (Å²) in [5, 5.41) is 10.5. The fourth-order valence-electron chi connectivity index (χ4n) is 4.41. The van der Waals surface area contributed by atoms with Gasteiger partial charge in [-0.2, -0.15) is 0 Å². The highest BCUT2D eigenvalue weighted by molar-refractivity contribution is 6.31. The maximum Gasteiger partial charge on any atom is 0.130 e. The summed E-state index contributed by atoms with van der Waals surface area (Å²) < 4.78 is 0. The van der Waals surface area contributed by atoms with Crippen LogP contribution < -0.4 is 0 Å². The third-order valence-electron chi connectivity index (χ3n) is 5.63. The Morgan fingerprint density at radius 3 is 2.91 bits per heavy atom. The van der Waals surface area contributed by atoms with Gasteiger partial charge in [0.25, 0.3) is 0 Å². The van der Waals surface area contributed by atoms with Crippen molar-refractivity contribution in [3.63, 3.8) is 0 Å². The Bertz CT molecular complexity index is 731. The number of hydrogen-bond acceptors (Lipinski definition) is 2. The van der Waals surface area contributed by atoms with Gasteiger partial charge in [0.15, 0.2) is 0 Å².